The number of nitrogens with two attached hydrogens (primary N) is 1. The number of rotatable bonds is 2. The maximum absolute atomic E-state index is 11.3. The molecular weight excluding hydrogens is 218 g/mol. The molecule has 0 atom stereocenters. The van der Waals surface area contributed by atoms with Gasteiger partial charge in [-0.2, -0.15) is 5.26 Å². The van der Waals surface area contributed by atoms with Crippen molar-refractivity contribution in [3.63, 3.8) is 0 Å². The molecule has 4 nitrogen and oxygen atoms in total. The molecule has 1 rings (SSSR count). The van der Waals surface area contributed by atoms with Crippen LogP contribution in [0.25, 0.3) is 0 Å². The van der Waals surface area contributed by atoms with Gasteiger partial charge in [0.25, 0.3) is 5.91 Å². The van der Waals surface area contributed by atoms with E-state index in [2.05, 4.69) is 5.32 Å². The molecule has 3 N–H and O–H groups in total. The van der Waals surface area contributed by atoms with Crippen molar-refractivity contribution in [1.29, 1.82) is 5.26 Å². The summed E-state index contributed by atoms with van der Waals surface area (Å²) in [5, 5.41) is 11.3. The summed E-state index contributed by atoms with van der Waals surface area (Å²) in [5.41, 5.74) is 6.36. The van der Waals surface area contributed by atoms with E-state index in [-0.39, 0.29) is 11.6 Å². The molecule has 6 heteroatoms. The van der Waals surface area contributed by atoms with Gasteiger partial charge in [-0.05, 0) is 6.26 Å². The topological polar surface area (TPSA) is 78.9 Å². The second kappa shape index (κ2) is 4.35. The molecule has 0 saturated heterocycles. The van der Waals surface area contributed by atoms with E-state index in [0.29, 0.717) is 10.4 Å². The number of nitrogens with one attached hydrogen (secondary N) is 1. The number of thioether (sulfide) groups is 1. The number of thiophene rings is 1. The summed E-state index contributed by atoms with van der Waals surface area (Å²) >= 11 is 2.67. The fourth-order valence-corrected chi connectivity index (χ4v) is 2.75. The van der Waals surface area contributed by atoms with E-state index in [1.54, 1.807) is 0 Å². The van der Waals surface area contributed by atoms with E-state index >= 15 is 0 Å². The molecule has 0 bridgehead atoms. The van der Waals surface area contributed by atoms with Gasteiger partial charge in [-0.1, -0.05) is 0 Å². The third-order valence-electron chi connectivity index (χ3n) is 1.64. The molecule has 1 heterocycles. The Bertz CT molecular complexity index is 405. The van der Waals surface area contributed by atoms with Crippen LogP contribution in [0.5, 0.6) is 0 Å². The molecule has 0 spiro atoms. The Morgan fingerprint density at radius 2 is 2.36 bits per heavy atom. The van der Waals surface area contributed by atoms with Crippen LogP contribution in [0.3, 0.4) is 0 Å². The van der Waals surface area contributed by atoms with Crippen LogP contribution in [-0.2, 0) is 0 Å². The highest BCUT2D eigenvalue weighted by Gasteiger charge is 2.19. The van der Waals surface area contributed by atoms with Gasteiger partial charge >= 0.3 is 0 Å². The first-order valence-electron chi connectivity index (χ1n) is 3.74. The van der Waals surface area contributed by atoms with Crippen molar-refractivity contribution in [1.82, 2.24) is 5.32 Å². The lowest BCUT2D eigenvalue weighted by Gasteiger charge is -1.95. The van der Waals surface area contributed by atoms with E-state index in [4.69, 9.17) is 11.0 Å². The number of hydrogen-bond acceptors (Lipinski definition) is 5. The smallest absolute Gasteiger partial charge is 0.263 e. The normalized spacial score (nSPS) is 9.50. The minimum Gasteiger partial charge on any atom is -0.396 e. The van der Waals surface area contributed by atoms with Crippen LogP contribution in [0.4, 0.5) is 5.69 Å². The summed E-state index contributed by atoms with van der Waals surface area (Å²) in [6.45, 7) is 0. The molecule has 0 aromatic carbocycles. The Morgan fingerprint density at radius 1 is 1.71 bits per heavy atom. The summed E-state index contributed by atoms with van der Waals surface area (Å²) in [4.78, 5) is 11.7. The Morgan fingerprint density at radius 3 is 2.71 bits per heavy atom. The monoisotopic (exact) mass is 227 g/mol. The number of hydrogen-bond donors (Lipinski definition) is 2. The predicted octanol–water partition coefficient (Wildman–Crippen LogP) is 1.28. The molecule has 0 aliphatic rings. The van der Waals surface area contributed by atoms with Crippen molar-refractivity contribution in [2.24, 2.45) is 0 Å². The van der Waals surface area contributed by atoms with Crippen LogP contribution in [0, 0.1) is 11.3 Å². The highest BCUT2D eigenvalue weighted by Crippen LogP contribution is 2.36. The molecule has 0 saturated carbocycles. The maximum Gasteiger partial charge on any atom is 0.263 e. The van der Waals surface area contributed by atoms with E-state index < -0.39 is 0 Å². The second-order valence-corrected chi connectivity index (χ2v) is 4.50. The van der Waals surface area contributed by atoms with Gasteiger partial charge in [-0.25, -0.2) is 0 Å². The first-order chi connectivity index (χ1) is 6.65. The Labute approximate surface area is 90.1 Å². The number of anilines is 1. The van der Waals surface area contributed by atoms with Crippen molar-refractivity contribution in [3.8, 4) is 6.07 Å². The van der Waals surface area contributed by atoms with Gasteiger partial charge in [0.2, 0.25) is 0 Å². The molecular formula is C8H9N3OS2. The third kappa shape index (κ3) is 1.69. The lowest BCUT2D eigenvalue weighted by atomic mass is 10.2. The number of carbonyl (C=O) groups excluding carboxylic acids is 1. The molecule has 0 fully saturated rings. The van der Waals surface area contributed by atoms with Gasteiger partial charge in [-0.15, -0.1) is 23.1 Å². The van der Waals surface area contributed by atoms with E-state index in [9.17, 15) is 4.79 Å². The number of amides is 1. The van der Waals surface area contributed by atoms with Crippen LogP contribution < -0.4 is 11.1 Å². The quantitative estimate of drug-likeness (QED) is 0.746. The standard InChI is InChI=1S/C8H9N3OS2/c1-11-7(12)6-5(10)4(3-9)8(13-2)14-6/h10H2,1-2H3,(H,11,12). The van der Waals surface area contributed by atoms with Crippen LogP contribution in [-0.4, -0.2) is 19.2 Å². The molecule has 0 unspecified atom stereocenters. The summed E-state index contributed by atoms with van der Waals surface area (Å²) < 4.78 is 0.781. The van der Waals surface area contributed by atoms with Gasteiger partial charge in [0, 0.05) is 7.05 Å². The van der Waals surface area contributed by atoms with Gasteiger partial charge in [0.1, 0.15) is 16.5 Å². The Hall–Kier alpha value is -1.19. The highest BCUT2D eigenvalue weighted by atomic mass is 32.2. The van der Waals surface area contributed by atoms with Crippen LogP contribution in [0.15, 0.2) is 4.21 Å². The van der Waals surface area contributed by atoms with Gasteiger partial charge in [0.15, 0.2) is 0 Å². The molecule has 14 heavy (non-hydrogen) atoms. The Balaban J connectivity index is 3.29. The fraction of sp³-hybridized carbons (Fsp3) is 0.250. The van der Waals surface area contributed by atoms with Crippen molar-refractivity contribution >= 4 is 34.7 Å². The minimum atomic E-state index is -0.246. The van der Waals surface area contributed by atoms with Crippen molar-refractivity contribution < 1.29 is 4.79 Å². The molecule has 0 radical (unpaired) electrons. The van der Waals surface area contributed by atoms with E-state index in [0.717, 1.165) is 4.21 Å². The average Bonchev–Trinajstić information content (AvgIpc) is 2.53. The zero-order valence-corrected chi connectivity index (χ0v) is 9.38. The molecule has 1 amide bonds. The fourth-order valence-electron chi connectivity index (χ4n) is 0.954. The third-order valence-corrected chi connectivity index (χ3v) is 3.97. The average molecular weight is 227 g/mol. The zero-order valence-electron chi connectivity index (χ0n) is 7.75. The number of nitriles is 1. The van der Waals surface area contributed by atoms with Crippen LogP contribution in [0.1, 0.15) is 15.2 Å². The molecule has 0 aliphatic carbocycles. The summed E-state index contributed by atoms with van der Waals surface area (Å²) in [7, 11) is 1.53. The lowest BCUT2D eigenvalue weighted by molar-refractivity contribution is 0.0968. The second-order valence-electron chi connectivity index (χ2n) is 2.40. The van der Waals surface area contributed by atoms with Gasteiger partial charge in [0.05, 0.1) is 9.90 Å². The van der Waals surface area contributed by atoms with Crippen molar-refractivity contribution in [2.45, 2.75) is 4.21 Å². The predicted molar refractivity (Wildman–Crippen MR) is 58.6 cm³/mol. The molecule has 74 valence electrons. The minimum absolute atomic E-state index is 0.246. The Kier molecular flexibility index (Phi) is 3.38. The first kappa shape index (κ1) is 10.9. The summed E-state index contributed by atoms with van der Waals surface area (Å²) in [6, 6.07) is 2.00. The van der Waals surface area contributed by atoms with E-state index in [1.807, 2.05) is 12.3 Å². The van der Waals surface area contributed by atoms with Crippen molar-refractivity contribution in [2.75, 3.05) is 19.0 Å². The maximum atomic E-state index is 11.3. The van der Waals surface area contributed by atoms with Gasteiger partial charge in [-0.3, -0.25) is 4.79 Å². The largest absolute Gasteiger partial charge is 0.396 e. The van der Waals surface area contributed by atoms with Crippen LogP contribution in [0.2, 0.25) is 0 Å². The molecule has 1 aromatic rings. The number of nitrogens with zero attached hydrogens (tertiary/aromatic N) is 1. The molecule has 0 aliphatic heterocycles. The molecule has 1 aromatic heterocycles. The highest BCUT2D eigenvalue weighted by molar-refractivity contribution is 8.00. The number of nitrogen functional groups attached to an aromatic ring is 1. The van der Waals surface area contributed by atoms with Crippen molar-refractivity contribution in [3.05, 3.63) is 10.4 Å². The first-order valence-corrected chi connectivity index (χ1v) is 5.78. The SMILES string of the molecule is CNC(=O)c1sc(SC)c(C#N)c1N. The zero-order chi connectivity index (χ0) is 10.7. The number of carbonyl (C=O) groups is 1. The van der Waals surface area contributed by atoms with Crippen LogP contribution >= 0.6 is 23.1 Å². The summed E-state index contributed by atoms with van der Waals surface area (Å²) in [6.07, 6.45) is 1.85. The van der Waals surface area contributed by atoms with E-state index in [1.165, 1.54) is 30.1 Å². The lowest BCUT2D eigenvalue weighted by Crippen LogP contribution is -2.17. The van der Waals surface area contributed by atoms with Gasteiger partial charge < -0.3 is 11.1 Å². The summed E-state index contributed by atoms with van der Waals surface area (Å²) in [5.74, 6) is -0.246.